The highest BCUT2D eigenvalue weighted by molar-refractivity contribution is 5.76. The summed E-state index contributed by atoms with van der Waals surface area (Å²) in [5.41, 5.74) is 5.80. The second-order valence-corrected chi connectivity index (χ2v) is 4.35. The third kappa shape index (κ3) is 4.09. The Bertz CT molecular complexity index is 178. The van der Waals surface area contributed by atoms with Crippen LogP contribution in [0.15, 0.2) is 0 Å². The van der Waals surface area contributed by atoms with Gasteiger partial charge in [0.1, 0.15) is 0 Å². The lowest BCUT2D eigenvalue weighted by Crippen LogP contribution is -2.38. The second-order valence-electron chi connectivity index (χ2n) is 4.35. The van der Waals surface area contributed by atoms with E-state index in [2.05, 4.69) is 12.2 Å². The Labute approximate surface area is 86.4 Å². The van der Waals surface area contributed by atoms with Gasteiger partial charge >= 0.3 is 0 Å². The van der Waals surface area contributed by atoms with E-state index in [-0.39, 0.29) is 11.9 Å². The Morgan fingerprint density at radius 3 is 2.79 bits per heavy atom. The molecule has 3 heteroatoms. The topological polar surface area (TPSA) is 55.1 Å². The van der Waals surface area contributed by atoms with Gasteiger partial charge in [0.15, 0.2) is 0 Å². The molecule has 3 nitrogen and oxygen atoms in total. The zero-order valence-corrected chi connectivity index (χ0v) is 9.09. The van der Waals surface area contributed by atoms with E-state index in [4.69, 9.17) is 5.73 Å². The van der Waals surface area contributed by atoms with Crippen LogP contribution < -0.4 is 11.1 Å². The Kier molecular flexibility index (Phi) is 4.94. The second kappa shape index (κ2) is 6.02. The van der Waals surface area contributed by atoms with Crippen LogP contribution in [-0.2, 0) is 4.79 Å². The summed E-state index contributed by atoms with van der Waals surface area (Å²) in [7, 11) is 0. The van der Waals surface area contributed by atoms with Crippen LogP contribution in [0.5, 0.6) is 0 Å². The number of nitrogens with two attached hydrogens (primary N) is 1. The Hall–Kier alpha value is -0.570. The fourth-order valence-electron chi connectivity index (χ4n) is 1.75. The Morgan fingerprint density at radius 1 is 1.57 bits per heavy atom. The van der Waals surface area contributed by atoms with Crippen LogP contribution in [0.4, 0.5) is 0 Å². The number of hydrogen-bond donors (Lipinski definition) is 2. The maximum Gasteiger partial charge on any atom is 0.220 e. The first-order valence-corrected chi connectivity index (χ1v) is 5.74. The third-order valence-electron chi connectivity index (χ3n) is 2.92. The molecule has 1 fully saturated rings. The van der Waals surface area contributed by atoms with E-state index in [1.54, 1.807) is 0 Å². The van der Waals surface area contributed by atoms with Crippen LogP contribution in [0.1, 0.15) is 45.4 Å². The number of rotatable bonds is 6. The van der Waals surface area contributed by atoms with Crippen molar-refractivity contribution in [3.8, 4) is 0 Å². The van der Waals surface area contributed by atoms with E-state index in [1.807, 2.05) is 0 Å². The number of hydrogen-bond acceptors (Lipinski definition) is 2. The summed E-state index contributed by atoms with van der Waals surface area (Å²) in [6, 6.07) is 0.130. The molecule has 14 heavy (non-hydrogen) atoms. The van der Waals surface area contributed by atoms with Gasteiger partial charge in [-0.15, -0.1) is 0 Å². The molecular weight excluding hydrogens is 176 g/mol. The minimum atomic E-state index is 0.130. The summed E-state index contributed by atoms with van der Waals surface area (Å²) in [6.07, 6.45) is 6.54. The molecule has 1 atom stereocenters. The minimum Gasteiger partial charge on any atom is -0.355 e. The summed E-state index contributed by atoms with van der Waals surface area (Å²) >= 11 is 0. The highest BCUT2D eigenvalue weighted by Crippen LogP contribution is 2.28. The van der Waals surface area contributed by atoms with Crippen LogP contribution in [0.25, 0.3) is 0 Å². The van der Waals surface area contributed by atoms with E-state index in [1.165, 1.54) is 19.3 Å². The minimum absolute atomic E-state index is 0.130. The van der Waals surface area contributed by atoms with Gasteiger partial charge in [0.2, 0.25) is 5.91 Å². The molecule has 0 spiro atoms. The van der Waals surface area contributed by atoms with Gasteiger partial charge in [-0.3, -0.25) is 4.79 Å². The van der Waals surface area contributed by atoms with Crippen LogP contribution in [0.3, 0.4) is 0 Å². The summed E-state index contributed by atoms with van der Waals surface area (Å²) in [5, 5.41) is 2.90. The van der Waals surface area contributed by atoms with Gasteiger partial charge < -0.3 is 11.1 Å². The van der Waals surface area contributed by atoms with Crippen molar-refractivity contribution in [2.45, 2.75) is 51.5 Å². The first-order valence-electron chi connectivity index (χ1n) is 5.74. The van der Waals surface area contributed by atoms with Crippen molar-refractivity contribution in [3.05, 3.63) is 0 Å². The predicted octanol–water partition coefficient (Wildman–Crippen LogP) is 1.42. The van der Waals surface area contributed by atoms with Crippen molar-refractivity contribution in [1.29, 1.82) is 0 Å². The van der Waals surface area contributed by atoms with Crippen molar-refractivity contribution in [2.24, 2.45) is 11.7 Å². The van der Waals surface area contributed by atoms with Crippen LogP contribution in [0.2, 0.25) is 0 Å². The maximum atomic E-state index is 11.4. The SMILES string of the molecule is CCCC(N)CNC(=O)CC1CCC1. The van der Waals surface area contributed by atoms with Gasteiger partial charge in [0, 0.05) is 19.0 Å². The van der Waals surface area contributed by atoms with Gasteiger partial charge in [-0.2, -0.15) is 0 Å². The summed E-state index contributed by atoms with van der Waals surface area (Å²) in [5.74, 6) is 0.832. The van der Waals surface area contributed by atoms with Gasteiger partial charge in [0.25, 0.3) is 0 Å². The van der Waals surface area contributed by atoms with E-state index < -0.39 is 0 Å². The quantitative estimate of drug-likeness (QED) is 0.678. The molecule has 1 amide bonds. The normalized spacial score (nSPS) is 18.7. The van der Waals surface area contributed by atoms with Crippen molar-refractivity contribution in [2.75, 3.05) is 6.54 Å². The standard InChI is InChI=1S/C11H22N2O/c1-2-4-10(12)8-13-11(14)7-9-5-3-6-9/h9-10H,2-8,12H2,1H3,(H,13,14). The molecule has 0 aliphatic heterocycles. The first kappa shape index (κ1) is 11.5. The number of carbonyl (C=O) groups is 1. The molecule has 82 valence electrons. The lowest BCUT2D eigenvalue weighted by molar-refractivity contribution is -0.122. The molecule has 0 aromatic heterocycles. The molecule has 1 aliphatic rings. The molecule has 3 N–H and O–H groups in total. The fourth-order valence-corrected chi connectivity index (χ4v) is 1.75. The van der Waals surface area contributed by atoms with Gasteiger partial charge in [-0.25, -0.2) is 0 Å². The maximum absolute atomic E-state index is 11.4. The molecular formula is C11H22N2O. The Balaban J connectivity index is 2.01. The molecule has 0 radical (unpaired) electrons. The van der Waals surface area contributed by atoms with Crippen LogP contribution >= 0.6 is 0 Å². The molecule has 0 aromatic rings. The zero-order valence-electron chi connectivity index (χ0n) is 9.09. The summed E-state index contributed by atoms with van der Waals surface area (Å²) in [6.45, 7) is 2.75. The molecule has 0 bridgehead atoms. The number of carbonyl (C=O) groups excluding carboxylic acids is 1. The smallest absolute Gasteiger partial charge is 0.220 e. The number of amides is 1. The average Bonchev–Trinajstić information content (AvgIpc) is 2.09. The molecule has 1 aliphatic carbocycles. The van der Waals surface area contributed by atoms with Gasteiger partial charge in [-0.1, -0.05) is 19.8 Å². The summed E-state index contributed by atoms with van der Waals surface area (Å²) in [4.78, 5) is 11.4. The predicted molar refractivity (Wildman–Crippen MR) is 57.9 cm³/mol. The van der Waals surface area contributed by atoms with Crippen LogP contribution in [0, 0.1) is 5.92 Å². The molecule has 0 heterocycles. The molecule has 0 saturated heterocycles. The molecule has 1 rings (SSSR count). The molecule has 1 unspecified atom stereocenters. The third-order valence-corrected chi connectivity index (χ3v) is 2.92. The highest BCUT2D eigenvalue weighted by Gasteiger charge is 2.20. The lowest BCUT2D eigenvalue weighted by Gasteiger charge is -2.24. The molecule has 0 aromatic carbocycles. The van der Waals surface area contributed by atoms with E-state index >= 15 is 0 Å². The highest BCUT2D eigenvalue weighted by atomic mass is 16.1. The fraction of sp³-hybridized carbons (Fsp3) is 0.909. The monoisotopic (exact) mass is 198 g/mol. The van der Waals surface area contributed by atoms with Gasteiger partial charge in [-0.05, 0) is 25.2 Å². The Morgan fingerprint density at radius 2 is 2.29 bits per heavy atom. The van der Waals surface area contributed by atoms with Crippen LogP contribution in [-0.4, -0.2) is 18.5 Å². The molecule has 1 saturated carbocycles. The zero-order chi connectivity index (χ0) is 10.4. The van der Waals surface area contributed by atoms with Crippen molar-refractivity contribution < 1.29 is 4.79 Å². The summed E-state index contributed by atoms with van der Waals surface area (Å²) < 4.78 is 0. The van der Waals surface area contributed by atoms with Crippen molar-refractivity contribution in [1.82, 2.24) is 5.32 Å². The van der Waals surface area contributed by atoms with E-state index in [0.29, 0.717) is 18.9 Å². The van der Waals surface area contributed by atoms with Gasteiger partial charge in [0.05, 0.1) is 0 Å². The van der Waals surface area contributed by atoms with E-state index in [0.717, 1.165) is 12.8 Å². The van der Waals surface area contributed by atoms with Crippen molar-refractivity contribution >= 4 is 5.91 Å². The lowest BCUT2D eigenvalue weighted by atomic mass is 9.83. The van der Waals surface area contributed by atoms with E-state index in [9.17, 15) is 4.79 Å². The van der Waals surface area contributed by atoms with Crippen molar-refractivity contribution in [3.63, 3.8) is 0 Å². The number of nitrogens with one attached hydrogen (secondary N) is 1. The first-order chi connectivity index (χ1) is 6.72. The average molecular weight is 198 g/mol. The largest absolute Gasteiger partial charge is 0.355 e.